The van der Waals surface area contributed by atoms with Crippen LogP contribution in [-0.2, 0) is 0 Å². The summed E-state index contributed by atoms with van der Waals surface area (Å²) in [6.45, 7) is 5.30. The van der Waals surface area contributed by atoms with Crippen molar-refractivity contribution in [1.82, 2.24) is 0 Å². The third-order valence-corrected chi connectivity index (χ3v) is 2.51. The van der Waals surface area contributed by atoms with Gasteiger partial charge in [0.15, 0.2) is 0 Å². The Kier molecular flexibility index (Phi) is 4.24. The average molecular weight is 228 g/mol. The van der Waals surface area contributed by atoms with Crippen LogP contribution in [0.25, 0.3) is 0 Å². The fourth-order valence-corrected chi connectivity index (χ4v) is 1.45. The van der Waals surface area contributed by atoms with Crippen molar-refractivity contribution in [2.24, 2.45) is 11.1 Å². The first-order valence-electron chi connectivity index (χ1n) is 5.33. The van der Waals surface area contributed by atoms with Crippen molar-refractivity contribution in [2.45, 2.75) is 20.3 Å². The van der Waals surface area contributed by atoms with Gasteiger partial charge in [-0.25, -0.2) is 8.78 Å². The molecule has 0 atom stereocenters. The molecule has 0 fully saturated rings. The van der Waals surface area contributed by atoms with E-state index in [9.17, 15) is 8.78 Å². The van der Waals surface area contributed by atoms with Gasteiger partial charge in [-0.3, -0.25) is 0 Å². The van der Waals surface area contributed by atoms with E-state index in [0.29, 0.717) is 18.8 Å². The zero-order chi connectivity index (χ0) is 12.2. The summed E-state index contributed by atoms with van der Waals surface area (Å²) in [5.74, 6) is -1.13. The molecule has 0 bridgehead atoms. The van der Waals surface area contributed by atoms with E-state index < -0.39 is 11.6 Å². The summed E-state index contributed by atoms with van der Waals surface area (Å²) in [5, 5.41) is 2.97. The summed E-state index contributed by atoms with van der Waals surface area (Å²) in [6.07, 6.45) is 0.850. The van der Waals surface area contributed by atoms with Crippen molar-refractivity contribution in [3.8, 4) is 0 Å². The molecule has 1 aromatic rings. The smallest absolute Gasteiger partial charge is 0.149 e. The quantitative estimate of drug-likeness (QED) is 0.813. The Morgan fingerprint density at radius 1 is 1.31 bits per heavy atom. The Morgan fingerprint density at radius 2 is 2.00 bits per heavy atom. The molecule has 0 aromatic heterocycles. The number of hydrogen-bond donors (Lipinski definition) is 2. The van der Waals surface area contributed by atoms with Crippen LogP contribution in [0.15, 0.2) is 18.2 Å². The minimum atomic E-state index is -0.566. The van der Waals surface area contributed by atoms with Crippen LogP contribution in [0, 0.1) is 17.0 Å². The predicted octanol–water partition coefficient (Wildman–Crippen LogP) is 2.75. The van der Waals surface area contributed by atoms with E-state index in [0.717, 1.165) is 12.5 Å². The fraction of sp³-hybridized carbons (Fsp3) is 0.500. The molecule has 0 amide bonds. The second-order valence-electron chi connectivity index (χ2n) is 4.68. The molecule has 0 saturated carbocycles. The van der Waals surface area contributed by atoms with E-state index in [1.54, 1.807) is 0 Å². The summed E-state index contributed by atoms with van der Waals surface area (Å²) < 4.78 is 25.9. The molecule has 16 heavy (non-hydrogen) atoms. The van der Waals surface area contributed by atoms with Gasteiger partial charge in [0.25, 0.3) is 0 Å². The molecule has 0 spiro atoms. The second kappa shape index (κ2) is 5.25. The monoisotopic (exact) mass is 228 g/mol. The SMILES string of the molecule is CC(C)(CCN)CNc1ccc(F)cc1F. The summed E-state index contributed by atoms with van der Waals surface area (Å²) >= 11 is 0. The van der Waals surface area contributed by atoms with Gasteiger partial charge in [0.2, 0.25) is 0 Å². The van der Waals surface area contributed by atoms with Crippen LogP contribution < -0.4 is 11.1 Å². The molecular weight excluding hydrogens is 210 g/mol. The van der Waals surface area contributed by atoms with Gasteiger partial charge in [0.05, 0.1) is 5.69 Å². The highest BCUT2D eigenvalue weighted by atomic mass is 19.1. The van der Waals surface area contributed by atoms with E-state index in [4.69, 9.17) is 5.73 Å². The van der Waals surface area contributed by atoms with Gasteiger partial charge in [-0.1, -0.05) is 13.8 Å². The van der Waals surface area contributed by atoms with Crippen LogP contribution >= 0.6 is 0 Å². The van der Waals surface area contributed by atoms with Gasteiger partial charge in [0.1, 0.15) is 11.6 Å². The molecule has 3 N–H and O–H groups in total. The summed E-state index contributed by atoms with van der Waals surface area (Å²) in [6, 6.07) is 3.52. The minimum Gasteiger partial charge on any atom is -0.382 e. The van der Waals surface area contributed by atoms with Crippen LogP contribution in [-0.4, -0.2) is 13.1 Å². The third-order valence-electron chi connectivity index (χ3n) is 2.51. The van der Waals surface area contributed by atoms with Gasteiger partial charge in [-0.15, -0.1) is 0 Å². The molecule has 1 aromatic carbocycles. The zero-order valence-electron chi connectivity index (χ0n) is 9.69. The Bertz CT molecular complexity index is 351. The number of rotatable bonds is 5. The van der Waals surface area contributed by atoms with Crippen LogP contribution in [0.1, 0.15) is 20.3 Å². The van der Waals surface area contributed by atoms with Crippen LogP contribution in [0.4, 0.5) is 14.5 Å². The van der Waals surface area contributed by atoms with Crippen LogP contribution in [0.5, 0.6) is 0 Å². The lowest BCUT2D eigenvalue weighted by atomic mass is 9.89. The number of nitrogens with two attached hydrogens (primary N) is 1. The van der Waals surface area contributed by atoms with Crippen molar-refractivity contribution in [1.29, 1.82) is 0 Å². The lowest BCUT2D eigenvalue weighted by molar-refractivity contribution is 0.364. The predicted molar refractivity (Wildman–Crippen MR) is 62.3 cm³/mol. The molecule has 4 heteroatoms. The average Bonchev–Trinajstić information content (AvgIpc) is 2.16. The molecule has 0 unspecified atom stereocenters. The first-order chi connectivity index (χ1) is 7.44. The second-order valence-corrected chi connectivity index (χ2v) is 4.68. The topological polar surface area (TPSA) is 38.0 Å². The normalized spacial score (nSPS) is 11.6. The molecule has 1 rings (SSSR count). The Hall–Kier alpha value is -1.16. The Morgan fingerprint density at radius 3 is 2.56 bits per heavy atom. The number of hydrogen-bond acceptors (Lipinski definition) is 2. The highest BCUT2D eigenvalue weighted by Crippen LogP contribution is 2.22. The van der Waals surface area contributed by atoms with Crippen LogP contribution in [0.3, 0.4) is 0 Å². The summed E-state index contributed by atoms with van der Waals surface area (Å²) in [5.41, 5.74) is 5.80. The first-order valence-corrected chi connectivity index (χ1v) is 5.33. The van der Waals surface area contributed by atoms with Crippen LogP contribution in [0.2, 0.25) is 0 Å². The maximum absolute atomic E-state index is 13.3. The standard InChI is InChI=1S/C12H18F2N2/c1-12(2,5-6-15)8-16-11-4-3-9(13)7-10(11)14/h3-4,7,16H,5-6,8,15H2,1-2H3. The van der Waals surface area contributed by atoms with Crippen molar-refractivity contribution >= 4 is 5.69 Å². The first kappa shape index (κ1) is 12.9. The molecule has 0 saturated heterocycles. The number of nitrogens with one attached hydrogen (secondary N) is 1. The molecule has 2 nitrogen and oxygen atoms in total. The number of benzene rings is 1. The molecule has 90 valence electrons. The lowest BCUT2D eigenvalue weighted by Gasteiger charge is -2.24. The van der Waals surface area contributed by atoms with Crippen molar-refractivity contribution in [3.63, 3.8) is 0 Å². The lowest BCUT2D eigenvalue weighted by Crippen LogP contribution is -2.26. The van der Waals surface area contributed by atoms with Gasteiger partial charge in [-0.2, -0.15) is 0 Å². The van der Waals surface area contributed by atoms with E-state index in [1.807, 2.05) is 13.8 Å². The maximum Gasteiger partial charge on any atom is 0.149 e. The highest BCUT2D eigenvalue weighted by Gasteiger charge is 2.17. The summed E-state index contributed by atoms with van der Waals surface area (Å²) in [7, 11) is 0. The molecule has 0 aliphatic rings. The molecule has 0 radical (unpaired) electrons. The highest BCUT2D eigenvalue weighted by molar-refractivity contribution is 5.44. The van der Waals surface area contributed by atoms with E-state index in [1.165, 1.54) is 12.1 Å². The Labute approximate surface area is 94.8 Å². The molecule has 0 aliphatic carbocycles. The van der Waals surface area contributed by atoms with Crippen molar-refractivity contribution < 1.29 is 8.78 Å². The minimum absolute atomic E-state index is 0.00439. The Balaban J connectivity index is 2.61. The molecule has 0 aliphatic heterocycles. The van der Waals surface area contributed by atoms with E-state index in [2.05, 4.69) is 5.32 Å². The number of anilines is 1. The maximum atomic E-state index is 13.3. The third kappa shape index (κ3) is 3.77. The summed E-state index contributed by atoms with van der Waals surface area (Å²) in [4.78, 5) is 0. The number of halogens is 2. The van der Waals surface area contributed by atoms with Crippen molar-refractivity contribution in [3.05, 3.63) is 29.8 Å². The molecule has 0 heterocycles. The van der Waals surface area contributed by atoms with E-state index in [-0.39, 0.29) is 5.41 Å². The van der Waals surface area contributed by atoms with Gasteiger partial charge in [-0.05, 0) is 30.5 Å². The van der Waals surface area contributed by atoms with Gasteiger partial charge < -0.3 is 11.1 Å². The zero-order valence-corrected chi connectivity index (χ0v) is 9.69. The van der Waals surface area contributed by atoms with Gasteiger partial charge in [0, 0.05) is 12.6 Å². The van der Waals surface area contributed by atoms with E-state index >= 15 is 0 Å². The van der Waals surface area contributed by atoms with Crippen molar-refractivity contribution in [2.75, 3.05) is 18.4 Å². The largest absolute Gasteiger partial charge is 0.382 e. The molecular formula is C12H18F2N2. The fourth-order valence-electron chi connectivity index (χ4n) is 1.45. The van der Waals surface area contributed by atoms with Gasteiger partial charge >= 0.3 is 0 Å².